The van der Waals surface area contributed by atoms with E-state index in [4.69, 9.17) is 0 Å². The summed E-state index contributed by atoms with van der Waals surface area (Å²) in [6, 6.07) is 7.53. The van der Waals surface area contributed by atoms with Gasteiger partial charge < -0.3 is 0 Å². The number of hydrogen-bond donors (Lipinski definition) is 0. The zero-order valence-electron chi connectivity index (χ0n) is 13.3. The summed E-state index contributed by atoms with van der Waals surface area (Å²) in [5.74, 6) is -3.14. The maximum absolute atomic E-state index is 14.7. The van der Waals surface area contributed by atoms with Gasteiger partial charge in [-0.1, -0.05) is 24.3 Å². The van der Waals surface area contributed by atoms with E-state index in [0.717, 1.165) is 0 Å². The van der Waals surface area contributed by atoms with Crippen molar-refractivity contribution < 1.29 is 17.6 Å². The Bertz CT molecular complexity index is 812. The van der Waals surface area contributed by atoms with Gasteiger partial charge in [0.25, 0.3) is 5.92 Å². The molecule has 0 bridgehead atoms. The third-order valence-corrected chi connectivity index (χ3v) is 4.28. The van der Waals surface area contributed by atoms with Crippen LogP contribution in [-0.4, -0.2) is 16.2 Å². The standard InChI is InChI=1S/C18H16F4N2/c1-17(2)18(21,22)14-6-4-3-5-13(14)16(24-17)12-7-11(8-19)15(9-20)23-10-12/h3-7,10H,8-9H2,1-2H3. The van der Waals surface area contributed by atoms with Gasteiger partial charge in [-0.2, -0.15) is 8.78 Å². The molecule has 24 heavy (non-hydrogen) atoms. The van der Waals surface area contributed by atoms with Gasteiger partial charge in [0, 0.05) is 28.5 Å². The van der Waals surface area contributed by atoms with Crippen molar-refractivity contribution in [2.45, 2.75) is 38.7 Å². The third-order valence-electron chi connectivity index (χ3n) is 4.28. The minimum absolute atomic E-state index is 0.00975. The van der Waals surface area contributed by atoms with Crippen LogP contribution in [-0.2, 0) is 19.3 Å². The van der Waals surface area contributed by atoms with Gasteiger partial charge in [-0.15, -0.1) is 0 Å². The maximum Gasteiger partial charge on any atom is 0.297 e. The summed E-state index contributed by atoms with van der Waals surface area (Å²) in [5, 5.41) is 0. The largest absolute Gasteiger partial charge is 0.297 e. The fourth-order valence-electron chi connectivity index (χ4n) is 2.83. The van der Waals surface area contributed by atoms with E-state index in [1.165, 1.54) is 32.2 Å². The van der Waals surface area contributed by atoms with Crippen molar-refractivity contribution in [1.82, 2.24) is 4.98 Å². The number of fused-ring (bicyclic) bond motifs is 1. The molecule has 2 heterocycles. The number of halogens is 4. The van der Waals surface area contributed by atoms with Crippen molar-refractivity contribution >= 4 is 5.71 Å². The van der Waals surface area contributed by atoms with E-state index in [2.05, 4.69) is 9.98 Å². The minimum atomic E-state index is -3.14. The Hall–Kier alpha value is -2.24. The van der Waals surface area contributed by atoms with Crippen LogP contribution in [0.1, 0.15) is 41.8 Å². The zero-order valence-corrected chi connectivity index (χ0v) is 13.3. The molecule has 1 aliphatic heterocycles. The molecule has 0 N–H and O–H groups in total. The lowest BCUT2D eigenvalue weighted by Gasteiger charge is -2.37. The first-order valence-corrected chi connectivity index (χ1v) is 7.49. The number of alkyl halides is 4. The summed E-state index contributed by atoms with van der Waals surface area (Å²) in [4.78, 5) is 8.14. The molecule has 0 radical (unpaired) electrons. The SMILES string of the molecule is CC1(C)N=C(c2cnc(CF)c(CF)c2)c2ccccc2C1(F)F. The molecule has 0 unspecified atom stereocenters. The molecule has 1 aliphatic rings. The lowest BCUT2D eigenvalue weighted by atomic mass is 9.81. The first-order valence-electron chi connectivity index (χ1n) is 7.49. The summed E-state index contributed by atoms with van der Waals surface area (Å²) < 4.78 is 55.4. The Morgan fingerprint density at radius 3 is 2.42 bits per heavy atom. The number of pyridine rings is 1. The van der Waals surface area contributed by atoms with Gasteiger partial charge in [0.15, 0.2) is 0 Å². The first kappa shape index (κ1) is 16.6. The highest BCUT2D eigenvalue weighted by Gasteiger charge is 2.52. The quantitative estimate of drug-likeness (QED) is 0.743. The average molecular weight is 336 g/mol. The van der Waals surface area contributed by atoms with Gasteiger partial charge in [0.2, 0.25) is 0 Å². The van der Waals surface area contributed by atoms with Crippen LogP contribution in [0.25, 0.3) is 0 Å². The number of rotatable bonds is 3. The Morgan fingerprint density at radius 1 is 1.04 bits per heavy atom. The van der Waals surface area contributed by atoms with Crippen LogP contribution < -0.4 is 0 Å². The number of benzene rings is 1. The molecule has 0 saturated heterocycles. The summed E-state index contributed by atoms with van der Waals surface area (Å²) in [5.41, 5.74) is -0.686. The molecule has 0 aliphatic carbocycles. The molecule has 6 heteroatoms. The summed E-state index contributed by atoms with van der Waals surface area (Å²) in [6.07, 6.45) is 1.35. The summed E-state index contributed by atoms with van der Waals surface area (Å²) >= 11 is 0. The molecular weight excluding hydrogens is 320 g/mol. The number of hydrogen-bond acceptors (Lipinski definition) is 2. The zero-order chi connectivity index (χ0) is 17.5. The second-order valence-corrected chi connectivity index (χ2v) is 6.24. The van der Waals surface area contributed by atoms with Crippen LogP contribution >= 0.6 is 0 Å². The van der Waals surface area contributed by atoms with E-state index in [1.807, 2.05) is 0 Å². The summed E-state index contributed by atoms with van der Waals surface area (Å²) in [6.45, 7) is 0.936. The third kappa shape index (κ3) is 2.41. The minimum Gasteiger partial charge on any atom is -0.271 e. The van der Waals surface area contributed by atoms with Crippen molar-refractivity contribution in [3.63, 3.8) is 0 Å². The monoisotopic (exact) mass is 336 g/mol. The first-order chi connectivity index (χ1) is 11.3. The molecule has 0 spiro atoms. The molecule has 2 aromatic rings. The second kappa shape index (κ2) is 5.69. The van der Waals surface area contributed by atoms with Gasteiger partial charge in [-0.05, 0) is 19.9 Å². The lowest BCUT2D eigenvalue weighted by Crippen LogP contribution is -2.44. The van der Waals surface area contributed by atoms with Crippen LogP contribution in [0.5, 0.6) is 0 Å². The molecule has 3 rings (SSSR count). The maximum atomic E-state index is 14.7. The van der Waals surface area contributed by atoms with E-state index in [9.17, 15) is 17.6 Å². The predicted molar refractivity (Wildman–Crippen MR) is 83.9 cm³/mol. The van der Waals surface area contributed by atoms with E-state index in [0.29, 0.717) is 11.3 Å². The van der Waals surface area contributed by atoms with Crippen molar-refractivity contribution in [1.29, 1.82) is 0 Å². The van der Waals surface area contributed by atoms with E-state index in [1.54, 1.807) is 18.2 Å². The van der Waals surface area contributed by atoms with Gasteiger partial charge in [0.1, 0.15) is 18.9 Å². The van der Waals surface area contributed by atoms with Gasteiger partial charge in [-0.25, -0.2) is 8.78 Å². The van der Waals surface area contributed by atoms with Crippen LogP contribution in [0.4, 0.5) is 17.6 Å². The molecule has 0 atom stereocenters. The molecule has 0 amide bonds. The smallest absolute Gasteiger partial charge is 0.271 e. The van der Waals surface area contributed by atoms with Gasteiger partial charge >= 0.3 is 0 Å². The van der Waals surface area contributed by atoms with Crippen molar-refractivity contribution in [2.24, 2.45) is 4.99 Å². The number of aromatic nitrogens is 1. The molecule has 1 aromatic carbocycles. The molecule has 0 saturated carbocycles. The molecule has 0 fully saturated rings. The van der Waals surface area contributed by atoms with Crippen molar-refractivity contribution in [3.05, 3.63) is 64.5 Å². The highest BCUT2D eigenvalue weighted by Crippen LogP contribution is 2.46. The van der Waals surface area contributed by atoms with E-state index < -0.39 is 24.8 Å². The molecule has 126 valence electrons. The normalized spacial score (nSPS) is 18.0. The Labute approximate surface area is 137 Å². The van der Waals surface area contributed by atoms with E-state index >= 15 is 0 Å². The Morgan fingerprint density at radius 2 is 1.75 bits per heavy atom. The molecule has 2 nitrogen and oxygen atoms in total. The fraction of sp³-hybridized carbons (Fsp3) is 0.333. The predicted octanol–water partition coefficient (Wildman–Crippen LogP) is 4.74. The topological polar surface area (TPSA) is 25.2 Å². The van der Waals surface area contributed by atoms with Crippen LogP contribution in [0.15, 0.2) is 41.5 Å². The highest BCUT2D eigenvalue weighted by atomic mass is 19.3. The highest BCUT2D eigenvalue weighted by molar-refractivity contribution is 6.14. The van der Waals surface area contributed by atoms with Gasteiger partial charge in [-0.3, -0.25) is 9.98 Å². The molecule has 1 aromatic heterocycles. The van der Waals surface area contributed by atoms with Crippen molar-refractivity contribution in [3.8, 4) is 0 Å². The van der Waals surface area contributed by atoms with Crippen LogP contribution in [0.2, 0.25) is 0 Å². The number of nitrogens with zero attached hydrogens (tertiary/aromatic N) is 2. The second-order valence-electron chi connectivity index (χ2n) is 6.24. The number of aliphatic imine (C=N–C) groups is 1. The molecular formula is C18H16F4N2. The average Bonchev–Trinajstić information content (AvgIpc) is 2.58. The van der Waals surface area contributed by atoms with Crippen molar-refractivity contribution in [2.75, 3.05) is 0 Å². The van der Waals surface area contributed by atoms with E-state index in [-0.39, 0.29) is 22.4 Å². The Balaban J connectivity index is 2.23. The van der Waals surface area contributed by atoms with Crippen LogP contribution in [0, 0.1) is 0 Å². The van der Waals surface area contributed by atoms with Gasteiger partial charge in [0.05, 0.1) is 11.4 Å². The Kier molecular flexibility index (Phi) is 3.94. The fourth-order valence-corrected chi connectivity index (χ4v) is 2.83. The van der Waals surface area contributed by atoms with Crippen LogP contribution in [0.3, 0.4) is 0 Å². The lowest BCUT2D eigenvalue weighted by molar-refractivity contribution is -0.0681. The summed E-state index contributed by atoms with van der Waals surface area (Å²) in [7, 11) is 0.